The first-order valence-corrected chi connectivity index (χ1v) is 10.5. The summed E-state index contributed by atoms with van der Waals surface area (Å²) in [4.78, 5) is 11.8. The van der Waals surface area contributed by atoms with Crippen LogP contribution < -0.4 is 14.9 Å². The van der Waals surface area contributed by atoms with E-state index in [0.29, 0.717) is 18.1 Å². The van der Waals surface area contributed by atoms with Crippen molar-refractivity contribution in [3.8, 4) is 11.5 Å². The molecule has 0 aromatic heterocycles. The molecule has 8 heteroatoms. The molecule has 3 aromatic rings. The van der Waals surface area contributed by atoms with E-state index in [1.165, 1.54) is 18.3 Å². The molecule has 0 saturated carbocycles. The van der Waals surface area contributed by atoms with Gasteiger partial charge >= 0.3 is 0 Å². The van der Waals surface area contributed by atoms with Gasteiger partial charge in [-0.05, 0) is 81.7 Å². The van der Waals surface area contributed by atoms with E-state index in [9.17, 15) is 9.18 Å². The molecule has 0 aliphatic rings. The summed E-state index contributed by atoms with van der Waals surface area (Å²) in [5, 5.41) is 3.93. The number of amides is 1. The maximum atomic E-state index is 12.9. The molecule has 0 bridgehead atoms. The van der Waals surface area contributed by atoms with E-state index >= 15 is 0 Å². The second-order valence-corrected chi connectivity index (χ2v) is 7.91. The fraction of sp³-hybridized carbons (Fsp3) is 0.0909. The van der Waals surface area contributed by atoms with Crippen LogP contribution in [-0.2, 0) is 11.4 Å². The lowest BCUT2D eigenvalue weighted by molar-refractivity contribution is -0.123. The Labute approximate surface area is 190 Å². The quantitative estimate of drug-likeness (QED) is 0.308. The number of hydrazone groups is 1. The summed E-state index contributed by atoms with van der Waals surface area (Å²) >= 11 is 6.79. The number of nitrogens with zero attached hydrogens (tertiary/aromatic N) is 1. The van der Waals surface area contributed by atoms with Gasteiger partial charge in [0.1, 0.15) is 23.9 Å². The van der Waals surface area contributed by atoms with Crippen LogP contribution in [0.1, 0.15) is 11.1 Å². The van der Waals surface area contributed by atoms with Crippen molar-refractivity contribution in [2.75, 3.05) is 6.61 Å². The van der Waals surface area contributed by atoms with Crippen molar-refractivity contribution in [1.29, 1.82) is 0 Å². The Bertz CT molecular complexity index is 1030. The highest BCUT2D eigenvalue weighted by Crippen LogP contribution is 2.26. The van der Waals surface area contributed by atoms with Crippen LogP contribution in [0.4, 0.5) is 4.39 Å². The largest absolute Gasteiger partial charge is 0.488 e. The molecule has 3 rings (SSSR count). The van der Waals surface area contributed by atoms with Crippen molar-refractivity contribution in [3.05, 3.63) is 92.6 Å². The van der Waals surface area contributed by atoms with Crippen LogP contribution in [0.2, 0.25) is 0 Å². The Balaban J connectivity index is 1.47. The normalized spacial score (nSPS) is 10.8. The molecule has 154 valence electrons. The van der Waals surface area contributed by atoms with Gasteiger partial charge in [0.05, 0.1) is 10.7 Å². The lowest BCUT2D eigenvalue weighted by Crippen LogP contribution is -2.24. The van der Waals surface area contributed by atoms with Crippen molar-refractivity contribution in [2.24, 2.45) is 5.10 Å². The summed E-state index contributed by atoms with van der Waals surface area (Å²) in [5.74, 6) is 0.587. The van der Waals surface area contributed by atoms with E-state index in [4.69, 9.17) is 9.47 Å². The van der Waals surface area contributed by atoms with Crippen LogP contribution in [0.3, 0.4) is 0 Å². The van der Waals surface area contributed by atoms with Crippen molar-refractivity contribution >= 4 is 44.0 Å². The molecule has 3 aromatic carbocycles. The van der Waals surface area contributed by atoms with Gasteiger partial charge < -0.3 is 9.47 Å². The van der Waals surface area contributed by atoms with Gasteiger partial charge in [0, 0.05) is 4.47 Å². The number of hydrogen-bond acceptors (Lipinski definition) is 4. The Morgan fingerprint density at radius 2 is 1.73 bits per heavy atom. The lowest BCUT2D eigenvalue weighted by atomic mass is 10.2. The fourth-order valence-corrected chi connectivity index (χ4v) is 3.12. The fourth-order valence-electron chi connectivity index (χ4n) is 2.35. The SMILES string of the molecule is O=C(COc1ccc(Br)cc1)N/N=C\c1ccc(OCc2ccc(F)cc2)c(Br)c1. The van der Waals surface area contributed by atoms with E-state index in [1.807, 2.05) is 18.2 Å². The second kappa shape index (κ2) is 10.9. The standard InChI is InChI=1S/C22H17Br2FN2O3/c23-17-4-8-19(9-5-17)29-14-22(28)27-26-12-16-3-10-21(20(24)11-16)30-13-15-1-6-18(25)7-2-15/h1-12H,13-14H2,(H,27,28)/b26-12-. The zero-order chi connectivity index (χ0) is 21.3. The summed E-state index contributed by atoms with van der Waals surface area (Å²) in [6.45, 7) is 0.180. The molecule has 30 heavy (non-hydrogen) atoms. The third kappa shape index (κ3) is 6.96. The number of carbonyl (C=O) groups excluding carboxylic acids is 1. The molecule has 5 nitrogen and oxygen atoms in total. The summed E-state index contributed by atoms with van der Waals surface area (Å²) in [7, 11) is 0. The highest BCUT2D eigenvalue weighted by atomic mass is 79.9. The van der Waals surface area contributed by atoms with Crippen molar-refractivity contribution in [3.63, 3.8) is 0 Å². The molecular formula is C22H17Br2FN2O3. The highest BCUT2D eigenvalue weighted by molar-refractivity contribution is 9.10. The van der Waals surface area contributed by atoms with E-state index in [-0.39, 0.29) is 18.3 Å². The number of hydrogen-bond donors (Lipinski definition) is 1. The third-order valence-corrected chi connectivity index (χ3v) is 5.00. The number of benzene rings is 3. The van der Waals surface area contributed by atoms with Gasteiger partial charge in [0.25, 0.3) is 5.91 Å². The molecule has 0 radical (unpaired) electrons. The first-order valence-electron chi connectivity index (χ1n) is 8.87. The number of rotatable bonds is 8. The molecule has 0 heterocycles. The molecule has 1 amide bonds. The maximum absolute atomic E-state index is 12.9. The number of carbonyl (C=O) groups is 1. The molecule has 0 fully saturated rings. The Morgan fingerprint density at radius 1 is 1.00 bits per heavy atom. The van der Waals surface area contributed by atoms with Crippen molar-refractivity contribution in [1.82, 2.24) is 5.43 Å². The second-order valence-electron chi connectivity index (χ2n) is 6.14. The van der Waals surface area contributed by atoms with Gasteiger partial charge in [-0.15, -0.1) is 0 Å². The minimum atomic E-state index is -0.368. The molecule has 0 aliphatic heterocycles. The molecular weight excluding hydrogens is 519 g/mol. The Hall–Kier alpha value is -2.71. The van der Waals surface area contributed by atoms with Crippen molar-refractivity contribution < 1.29 is 18.7 Å². The predicted octanol–water partition coefficient (Wildman–Crippen LogP) is 5.46. The topological polar surface area (TPSA) is 59.9 Å². The first-order chi connectivity index (χ1) is 14.5. The first kappa shape index (κ1) is 22.0. The van der Waals surface area contributed by atoms with Crippen LogP contribution in [0.15, 0.2) is 80.8 Å². The van der Waals surface area contributed by atoms with E-state index in [2.05, 4.69) is 42.4 Å². The van der Waals surface area contributed by atoms with Gasteiger partial charge in [-0.25, -0.2) is 9.82 Å². The van der Waals surface area contributed by atoms with Crippen LogP contribution in [0.5, 0.6) is 11.5 Å². The smallest absolute Gasteiger partial charge is 0.277 e. The number of halogens is 3. The molecule has 0 unspecified atom stereocenters. The average Bonchev–Trinajstić information content (AvgIpc) is 2.74. The minimum Gasteiger partial charge on any atom is -0.488 e. The highest BCUT2D eigenvalue weighted by Gasteiger charge is 2.04. The lowest BCUT2D eigenvalue weighted by Gasteiger charge is -2.09. The summed E-state index contributed by atoms with van der Waals surface area (Å²) in [6, 6.07) is 18.7. The summed E-state index contributed by atoms with van der Waals surface area (Å²) in [5.41, 5.74) is 4.05. The van der Waals surface area contributed by atoms with Crippen LogP contribution >= 0.6 is 31.9 Å². The summed E-state index contributed by atoms with van der Waals surface area (Å²) in [6.07, 6.45) is 1.52. The van der Waals surface area contributed by atoms with Crippen LogP contribution in [0.25, 0.3) is 0 Å². The zero-order valence-corrected chi connectivity index (χ0v) is 18.8. The number of nitrogens with one attached hydrogen (secondary N) is 1. The van der Waals surface area contributed by atoms with E-state index in [1.54, 1.807) is 36.4 Å². The Kier molecular flexibility index (Phi) is 7.98. The average molecular weight is 536 g/mol. The molecule has 0 atom stereocenters. The monoisotopic (exact) mass is 534 g/mol. The maximum Gasteiger partial charge on any atom is 0.277 e. The minimum absolute atomic E-state index is 0.140. The molecule has 0 spiro atoms. The van der Waals surface area contributed by atoms with Gasteiger partial charge in [0.2, 0.25) is 0 Å². The zero-order valence-electron chi connectivity index (χ0n) is 15.6. The van der Waals surface area contributed by atoms with E-state index in [0.717, 1.165) is 20.1 Å². The van der Waals surface area contributed by atoms with Gasteiger partial charge in [-0.1, -0.05) is 28.1 Å². The van der Waals surface area contributed by atoms with Crippen LogP contribution in [-0.4, -0.2) is 18.7 Å². The molecule has 1 N–H and O–H groups in total. The Morgan fingerprint density at radius 3 is 2.43 bits per heavy atom. The third-order valence-electron chi connectivity index (χ3n) is 3.85. The predicted molar refractivity (Wildman–Crippen MR) is 120 cm³/mol. The van der Waals surface area contributed by atoms with Crippen molar-refractivity contribution in [2.45, 2.75) is 6.61 Å². The molecule has 0 aliphatic carbocycles. The van der Waals surface area contributed by atoms with Gasteiger partial charge in [-0.3, -0.25) is 4.79 Å². The summed E-state index contributed by atoms with van der Waals surface area (Å²) < 4.78 is 25.7. The van der Waals surface area contributed by atoms with E-state index < -0.39 is 0 Å². The van der Waals surface area contributed by atoms with Crippen LogP contribution in [0, 0.1) is 5.82 Å². The number of ether oxygens (including phenoxy) is 2. The van der Waals surface area contributed by atoms with Gasteiger partial charge in [0.15, 0.2) is 6.61 Å². The van der Waals surface area contributed by atoms with Gasteiger partial charge in [-0.2, -0.15) is 5.10 Å². The molecule has 0 saturated heterocycles.